The highest BCUT2D eigenvalue weighted by Gasteiger charge is 2.38. The lowest BCUT2D eigenvalue weighted by atomic mass is 9.82. The van der Waals surface area contributed by atoms with Gasteiger partial charge in [0.25, 0.3) is 0 Å². The van der Waals surface area contributed by atoms with Crippen LogP contribution in [0.3, 0.4) is 0 Å². The normalized spacial score (nSPS) is 34.7. The van der Waals surface area contributed by atoms with E-state index in [9.17, 15) is 4.79 Å². The van der Waals surface area contributed by atoms with E-state index in [0.717, 1.165) is 25.9 Å². The molecule has 0 bridgehead atoms. The van der Waals surface area contributed by atoms with Gasteiger partial charge in [0.05, 0.1) is 0 Å². The zero-order valence-electron chi connectivity index (χ0n) is 10.7. The number of nitrogens with zero attached hydrogens (tertiary/aromatic N) is 1. The summed E-state index contributed by atoms with van der Waals surface area (Å²) in [5.74, 6) is 0.839. The van der Waals surface area contributed by atoms with Crippen molar-refractivity contribution in [3.63, 3.8) is 0 Å². The summed E-state index contributed by atoms with van der Waals surface area (Å²) in [6.45, 7) is 2.16. The van der Waals surface area contributed by atoms with Crippen LogP contribution in [0.2, 0.25) is 0 Å². The number of nitrogens with one attached hydrogen (secondary N) is 1. The zero-order valence-corrected chi connectivity index (χ0v) is 10.7. The molecule has 0 spiro atoms. The van der Waals surface area contributed by atoms with Crippen molar-refractivity contribution in [1.29, 1.82) is 0 Å². The molecule has 0 aromatic carbocycles. The summed E-state index contributed by atoms with van der Waals surface area (Å²) in [4.78, 5) is 14.7. The number of amides is 1. The summed E-state index contributed by atoms with van der Waals surface area (Å²) in [7, 11) is 0. The van der Waals surface area contributed by atoms with E-state index in [2.05, 4.69) is 10.2 Å². The summed E-state index contributed by atoms with van der Waals surface area (Å²) in [6.07, 6.45) is 9.82. The number of likely N-dealkylation sites (tertiary alicyclic amines) is 1. The first-order valence-corrected chi connectivity index (χ1v) is 7.40. The minimum Gasteiger partial charge on any atom is -0.338 e. The smallest absolute Gasteiger partial charge is 0.225 e. The van der Waals surface area contributed by atoms with Crippen molar-refractivity contribution < 1.29 is 4.79 Å². The molecular formula is C14H24N2O. The van der Waals surface area contributed by atoms with Crippen molar-refractivity contribution in [2.45, 2.75) is 63.5 Å². The molecule has 0 aromatic heterocycles. The van der Waals surface area contributed by atoms with Crippen LogP contribution >= 0.6 is 0 Å². The molecule has 3 rings (SSSR count). The van der Waals surface area contributed by atoms with Gasteiger partial charge >= 0.3 is 0 Å². The SMILES string of the molecule is O=C(C1CCC1)N1CCCCC1C1CCCN1. The van der Waals surface area contributed by atoms with E-state index >= 15 is 0 Å². The molecule has 2 saturated heterocycles. The number of piperidine rings is 1. The highest BCUT2D eigenvalue weighted by Crippen LogP contribution is 2.32. The van der Waals surface area contributed by atoms with Crippen molar-refractivity contribution in [3.8, 4) is 0 Å². The first-order valence-electron chi connectivity index (χ1n) is 7.40. The predicted octanol–water partition coefficient (Wildman–Crippen LogP) is 1.92. The van der Waals surface area contributed by atoms with E-state index in [1.54, 1.807) is 0 Å². The van der Waals surface area contributed by atoms with Crippen molar-refractivity contribution in [2.24, 2.45) is 5.92 Å². The molecule has 3 aliphatic rings. The van der Waals surface area contributed by atoms with Gasteiger partial charge in [0.15, 0.2) is 0 Å². The van der Waals surface area contributed by atoms with Crippen molar-refractivity contribution >= 4 is 5.91 Å². The molecule has 1 aliphatic carbocycles. The summed E-state index contributed by atoms with van der Waals surface area (Å²) >= 11 is 0. The largest absolute Gasteiger partial charge is 0.338 e. The molecular weight excluding hydrogens is 212 g/mol. The van der Waals surface area contributed by atoms with E-state index in [1.165, 1.54) is 38.5 Å². The third-order valence-electron chi connectivity index (χ3n) is 4.85. The second-order valence-corrected chi connectivity index (χ2v) is 5.93. The molecule has 17 heavy (non-hydrogen) atoms. The maximum Gasteiger partial charge on any atom is 0.225 e. The fourth-order valence-electron chi connectivity index (χ4n) is 3.58. The van der Waals surface area contributed by atoms with Gasteiger partial charge in [-0.3, -0.25) is 4.79 Å². The number of carbonyl (C=O) groups excluding carboxylic acids is 1. The van der Waals surface area contributed by atoms with Crippen LogP contribution in [-0.4, -0.2) is 36.0 Å². The Bertz CT molecular complexity index is 282. The first kappa shape index (κ1) is 11.5. The third-order valence-corrected chi connectivity index (χ3v) is 4.85. The van der Waals surface area contributed by atoms with Crippen molar-refractivity contribution in [1.82, 2.24) is 10.2 Å². The lowest BCUT2D eigenvalue weighted by molar-refractivity contribution is -0.142. The standard InChI is InChI=1S/C14H24N2O/c17-14(11-5-3-6-11)16-10-2-1-8-13(16)12-7-4-9-15-12/h11-13,15H,1-10H2. The molecule has 0 aromatic rings. The maximum atomic E-state index is 12.4. The monoisotopic (exact) mass is 236 g/mol. The molecule has 2 atom stereocenters. The molecule has 1 N–H and O–H groups in total. The summed E-state index contributed by atoms with van der Waals surface area (Å²) < 4.78 is 0. The molecule has 3 nitrogen and oxygen atoms in total. The summed E-state index contributed by atoms with van der Waals surface area (Å²) in [5.41, 5.74) is 0. The van der Waals surface area contributed by atoms with Gasteiger partial charge < -0.3 is 10.2 Å². The molecule has 2 heterocycles. The fourth-order valence-corrected chi connectivity index (χ4v) is 3.58. The van der Waals surface area contributed by atoms with Crippen molar-refractivity contribution in [3.05, 3.63) is 0 Å². The van der Waals surface area contributed by atoms with Crippen LogP contribution in [0.5, 0.6) is 0 Å². The Kier molecular flexibility index (Phi) is 3.37. The summed E-state index contributed by atoms with van der Waals surface area (Å²) in [6, 6.07) is 1.08. The molecule has 0 radical (unpaired) electrons. The van der Waals surface area contributed by atoms with Gasteiger partial charge in [-0.25, -0.2) is 0 Å². The van der Waals surface area contributed by atoms with Gasteiger partial charge in [0.1, 0.15) is 0 Å². The number of rotatable bonds is 2. The molecule has 2 aliphatic heterocycles. The quantitative estimate of drug-likeness (QED) is 0.794. The molecule has 3 heteroatoms. The number of hydrogen-bond donors (Lipinski definition) is 1. The van der Waals surface area contributed by atoms with Gasteiger partial charge in [0.2, 0.25) is 5.91 Å². The average Bonchev–Trinajstić information content (AvgIpc) is 2.80. The Morgan fingerprint density at radius 2 is 1.88 bits per heavy atom. The van der Waals surface area contributed by atoms with Gasteiger partial charge in [-0.15, -0.1) is 0 Å². The maximum absolute atomic E-state index is 12.4. The third kappa shape index (κ3) is 2.22. The predicted molar refractivity (Wildman–Crippen MR) is 67.7 cm³/mol. The van der Waals surface area contributed by atoms with Crippen LogP contribution in [0.15, 0.2) is 0 Å². The second kappa shape index (κ2) is 4.97. The number of carbonyl (C=O) groups is 1. The Balaban J connectivity index is 1.67. The van der Waals surface area contributed by atoms with Crippen LogP contribution in [0.4, 0.5) is 0 Å². The Morgan fingerprint density at radius 3 is 2.53 bits per heavy atom. The zero-order chi connectivity index (χ0) is 11.7. The lowest BCUT2D eigenvalue weighted by Gasteiger charge is -2.42. The van der Waals surface area contributed by atoms with E-state index in [-0.39, 0.29) is 0 Å². The minimum atomic E-state index is 0.372. The topological polar surface area (TPSA) is 32.3 Å². The Labute approximate surface area is 104 Å². The average molecular weight is 236 g/mol. The molecule has 1 saturated carbocycles. The minimum absolute atomic E-state index is 0.372. The molecule has 1 amide bonds. The number of hydrogen-bond acceptors (Lipinski definition) is 2. The molecule has 2 unspecified atom stereocenters. The van der Waals surface area contributed by atoms with Crippen LogP contribution in [0.25, 0.3) is 0 Å². The summed E-state index contributed by atoms with van der Waals surface area (Å²) in [5, 5.41) is 3.59. The Hall–Kier alpha value is -0.570. The molecule has 96 valence electrons. The van der Waals surface area contributed by atoms with Crippen molar-refractivity contribution in [2.75, 3.05) is 13.1 Å². The van der Waals surface area contributed by atoms with E-state index in [4.69, 9.17) is 0 Å². The van der Waals surface area contributed by atoms with E-state index < -0.39 is 0 Å². The van der Waals surface area contributed by atoms with Crippen LogP contribution in [-0.2, 0) is 4.79 Å². The van der Waals surface area contributed by atoms with E-state index in [0.29, 0.717) is 23.9 Å². The van der Waals surface area contributed by atoms with Gasteiger partial charge in [-0.2, -0.15) is 0 Å². The first-order chi connectivity index (χ1) is 8.36. The highest BCUT2D eigenvalue weighted by atomic mass is 16.2. The van der Waals surface area contributed by atoms with Gasteiger partial charge in [-0.1, -0.05) is 6.42 Å². The highest BCUT2D eigenvalue weighted by molar-refractivity contribution is 5.80. The van der Waals surface area contributed by atoms with Gasteiger partial charge in [-0.05, 0) is 51.5 Å². The van der Waals surface area contributed by atoms with Crippen LogP contribution in [0, 0.1) is 5.92 Å². The lowest BCUT2D eigenvalue weighted by Crippen LogP contribution is -2.54. The second-order valence-electron chi connectivity index (χ2n) is 5.93. The molecule has 3 fully saturated rings. The van der Waals surface area contributed by atoms with Gasteiger partial charge in [0, 0.05) is 24.5 Å². The fraction of sp³-hybridized carbons (Fsp3) is 0.929. The Morgan fingerprint density at radius 1 is 1.00 bits per heavy atom. The van der Waals surface area contributed by atoms with E-state index in [1.807, 2.05) is 0 Å². The van der Waals surface area contributed by atoms with Crippen LogP contribution in [0.1, 0.15) is 51.4 Å². The van der Waals surface area contributed by atoms with Crippen LogP contribution < -0.4 is 5.32 Å².